The Labute approximate surface area is 197 Å². The molecule has 1 fully saturated rings. The van der Waals surface area contributed by atoms with Crippen LogP contribution in [0.4, 0.5) is 11.4 Å². The van der Waals surface area contributed by atoms with Crippen molar-refractivity contribution in [3.8, 4) is 0 Å². The van der Waals surface area contributed by atoms with Crippen molar-refractivity contribution >= 4 is 35.0 Å². The fraction of sp³-hybridized carbons (Fsp3) is 0.481. The second-order valence-corrected chi connectivity index (χ2v) is 10.7. The Morgan fingerprint density at radius 2 is 1.75 bits per heavy atom. The molecule has 2 amide bonds. The first kappa shape index (κ1) is 24.4. The van der Waals surface area contributed by atoms with Crippen LogP contribution in [-0.2, 0) is 15.0 Å². The third kappa shape index (κ3) is 5.74. The van der Waals surface area contributed by atoms with E-state index in [1.54, 1.807) is 11.8 Å². The molecule has 3 rings (SSSR count). The number of nitrogens with zero attached hydrogens (tertiary/aromatic N) is 1. The zero-order valence-corrected chi connectivity index (χ0v) is 20.8. The number of amides is 2. The number of nitrogens with one attached hydrogen (secondary N) is 1. The standard InChI is InChI=1S/C27H36N2O2S/c1-6-8-9-19(7-2)25(31)28-22-14-10-20(11-15-22)26-29(24(30)18-32-26)23-16-12-21(13-17-23)27(3,4)5/h10-17,19,26H,6-9,18H2,1-5H3,(H,28,31)/t19-,26+/m1/s1. The lowest BCUT2D eigenvalue weighted by atomic mass is 9.87. The summed E-state index contributed by atoms with van der Waals surface area (Å²) in [5, 5.41) is 3.01. The van der Waals surface area contributed by atoms with E-state index in [0.29, 0.717) is 5.75 Å². The van der Waals surface area contributed by atoms with Gasteiger partial charge in [0.15, 0.2) is 0 Å². The lowest BCUT2D eigenvalue weighted by Crippen LogP contribution is -2.28. The van der Waals surface area contributed by atoms with E-state index < -0.39 is 0 Å². The normalized spacial score (nSPS) is 17.5. The molecule has 32 heavy (non-hydrogen) atoms. The summed E-state index contributed by atoms with van der Waals surface area (Å²) in [5.74, 6) is 0.756. The van der Waals surface area contributed by atoms with Gasteiger partial charge in [-0.2, -0.15) is 0 Å². The van der Waals surface area contributed by atoms with Crippen molar-refractivity contribution in [2.24, 2.45) is 5.92 Å². The molecular weight excluding hydrogens is 416 g/mol. The Kier molecular flexibility index (Phi) is 8.05. The van der Waals surface area contributed by atoms with Crippen molar-refractivity contribution in [1.82, 2.24) is 0 Å². The average Bonchev–Trinajstić information content (AvgIpc) is 3.15. The summed E-state index contributed by atoms with van der Waals surface area (Å²) in [6, 6.07) is 16.3. The number of thioether (sulfide) groups is 1. The molecule has 0 spiro atoms. The highest BCUT2D eigenvalue weighted by atomic mass is 32.2. The van der Waals surface area contributed by atoms with Gasteiger partial charge in [0.05, 0.1) is 5.75 Å². The Morgan fingerprint density at radius 1 is 1.09 bits per heavy atom. The summed E-state index contributed by atoms with van der Waals surface area (Å²) in [4.78, 5) is 27.2. The van der Waals surface area contributed by atoms with E-state index in [0.717, 1.165) is 42.6 Å². The highest BCUT2D eigenvalue weighted by Crippen LogP contribution is 2.42. The van der Waals surface area contributed by atoms with E-state index in [2.05, 4.69) is 52.1 Å². The molecule has 0 unspecified atom stereocenters. The van der Waals surface area contributed by atoms with E-state index in [1.807, 2.05) is 41.3 Å². The molecule has 0 aliphatic carbocycles. The smallest absolute Gasteiger partial charge is 0.238 e. The molecular formula is C27H36N2O2S. The number of hydrogen-bond acceptors (Lipinski definition) is 3. The molecule has 172 valence electrons. The van der Waals surface area contributed by atoms with Crippen LogP contribution in [0.2, 0.25) is 0 Å². The van der Waals surface area contributed by atoms with Crippen LogP contribution in [0, 0.1) is 5.92 Å². The molecule has 4 nitrogen and oxygen atoms in total. The molecule has 1 aliphatic heterocycles. The Balaban J connectivity index is 1.73. The number of hydrogen-bond donors (Lipinski definition) is 1. The van der Waals surface area contributed by atoms with E-state index in [-0.39, 0.29) is 28.5 Å². The van der Waals surface area contributed by atoms with Gasteiger partial charge in [-0.3, -0.25) is 14.5 Å². The Bertz CT molecular complexity index is 916. The second kappa shape index (κ2) is 10.6. The maximum Gasteiger partial charge on any atom is 0.238 e. The number of carbonyl (C=O) groups is 2. The molecule has 0 saturated carbocycles. The van der Waals surface area contributed by atoms with Gasteiger partial charge in [-0.25, -0.2) is 0 Å². The summed E-state index contributed by atoms with van der Waals surface area (Å²) >= 11 is 1.64. The van der Waals surface area contributed by atoms with Crippen LogP contribution in [-0.4, -0.2) is 17.6 Å². The molecule has 1 saturated heterocycles. The largest absolute Gasteiger partial charge is 0.326 e. The monoisotopic (exact) mass is 452 g/mol. The molecule has 0 radical (unpaired) electrons. The van der Waals surface area contributed by atoms with Crippen LogP contribution >= 0.6 is 11.8 Å². The van der Waals surface area contributed by atoms with Gasteiger partial charge in [0, 0.05) is 17.3 Å². The molecule has 0 bridgehead atoms. The number of rotatable bonds is 8. The lowest BCUT2D eigenvalue weighted by molar-refractivity contribution is -0.120. The third-order valence-corrected chi connectivity index (χ3v) is 7.32. The minimum Gasteiger partial charge on any atom is -0.326 e. The Morgan fingerprint density at radius 3 is 2.31 bits per heavy atom. The molecule has 2 aromatic carbocycles. The van der Waals surface area contributed by atoms with Crippen LogP contribution < -0.4 is 10.2 Å². The van der Waals surface area contributed by atoms with Crippen molar-refractivity contribution < 1.29 is 9.59 Å². The first-order valence-corrected chi connectivity index (χ1v) is 12.7. The zero-order valence-electron chi connectivity index (χ0n) is 20.0. The SMILES string of the molecule is CCCC[C@@H](CC)C(=O)Nc1ccc([C@@H]2SCC(=O)N2c2ccc(C(C)(C)C)cc2)cc1. The van der Waals surface area contributed by atoms with Crippen LogP contribution in [0.1, 0.15) is 76.8 Å². The fourth-order valence-electron chi connectivity index (χ4n) is 4.02. The van der Waals surface area contributed by atoms with Crippen molar-refractivity contribution in [3.05, 3.63) is 59.7 Å². The second-order valence-electron chi connectivity index (χ2n) is 9.58. The summed E-state index contributed by atoms with van der Waals surface area (Å²) in [5.41, 5.74) is 4.13. The van der Waals surface area contributed by atoms with E-state index in [4.69, 9.17) is 0 Å². The van der Waals surface area contributed by atoms with Crippen molar-refractivity contribution in [2.75, 3.05) is 16.0 Å². The summed E-state index contributed by atoms with van der Waals surface area (Å²) < 4.78 is 0. The molecule has 2 atom stereocenters. The minimum absolute atomic E-state index is 0.0549. The molecule has 5 heteroatoms. The summed E-state index contributed by atoms with van der Waals surface area (Å²) in [7, 11) is 0. The highest BCUT2D eigenvalue weighted by Gasteiger charge is 2.34. The molecule has 0 aromatic heterocycles. The number of anilines is 2. The maximum absolute atomic E-state index is 12.7. The first-order valence-electron chi connectivity index (χ1n) is 11.7. The lowest BCUT2D eigenvalue weighted by Gasteiger charge is -2.26. The van der Waals surface area contributed by atoms with Crippen LogP contribution in [0.15, 0.2) is 48.5 Å². The van der Waals surface area contributed by atoms with Gasteiger partial charge in [-0.15, -0.1) is 11.8 Å². The van der Waals surface area contributed by atoms with E-state index in [9.17, 15) is 9.59 Å². The van der Waals surface area contributed by atoms with Gasteiger partial charge >= 0.3 is 0 Å². The molecule has 1 aliphatic rings. The topological polar surface area (TPSA) is 49.4 Å². The third-order valence-electron chi connectivity index (χ3n) is 6.11. The van der Waals surface area contributed by atoms with Gasteiger partial charge in [-0.1, -0.05) is 71.7 Å². The summed E-state index contributed by atoms with van der Waals surface area (Å²) in [6.45, 7) is 10.8. The zero-order chi connectivity index (χ0) is 23.3. The van der Waals surface area contributed by atoms with Crippen LogP contribution in [0.3, 0.4) is 0 Å². The van der Waals surface area contributed by atoms with Gasteiger partial charge < -0.3 is 5.32 Å². The van der Waals surface area contributed by atoms with Crippen LogP contribution in [0.5, 0.6) is 0 Å². The maximum atomic E-state index is 12.7. The van der Waals surface area contributed by atoms with Gasteiger partial charge in [-0.05, 0) is 53.6 Å². The first-order chi connectivity index (χ1) is 15.2. The van der Waals surface area contributed by atoms with Crippen molar-refractivity contribution in [2.45, 2.75) is 71.1 Å². The number of benzene rings is 2. The summed E-state index contributed by atoms with van der Waals surface area (Å²) in [6.07, 6.45) is 3.96. The van der Waals surface area contributed by atoms with E-state index in [1.165, 1.54) is 5.56 Å². The van der Waals surface area contributed by atoms with Gasteiger partial charge in [0.2, 0.25) is 11.8 Å². The molecule has 2 aromatic rings. The van der Waals surface area contributed by atoms with Gasteiger partial charge in [0.1, 0.15) is 5.37 Å². The van der Waals surface area contributed by atoms with Crippen molar-refractivity contribution in [3.63, 3.8) is 0 Å². The van der Waals surface area contributed by atoms with Crippen LogP contribution in [0.25, 0.3) is 0 Å². The van der Waals surface area contributed by atoms with E-state index >= 15 is 0 Å². The number of carbonyl (C=O) groups excluding carboxylic acids is 2. The van der Waals surface area contributed by atoms with Crippen molar-refractivity contribution in [1.29, 1.82) is 0 Å². The van der Waals surface area contributed by atoms with Gasteiger partial charge in [0.25, 0.3) is 0 Å². The average molecular weight is 453 g/mol. The Hall–Kier alpha value is -2.27. The predicted molar refractivity (Wildman–Crippen MR) is 136 cm³/mol. The molecule has 1 heterocycles. The highest BCUT2D eigenvalue weighted by molar-refractivity contribution is 8.00. The minimum atomic E-state index is -0.0549. The quantitative estimate of drug-likeness (QED) is 0.473. The fourth-order valence-corrected chi connectivity index (χ4v) is 5.20. The predicted octanol–water partition coefficient (Wildman–Crippen LogP) is 6.92. The molecule has 1 N–H and O–H groups in total. The number of unbranched alkanes of at least 4 members (excludes halogenated alkanes) is 1.